The van der Waals surface area contributed by atoms with Crippen LogP contribution in [-0.2, 0) is 16.1 Å². The van der Waals surface area contributed by atoms with Gasteiger partial charge in [-0.25, -0.2) is 9.79 Å². The van der Waals surface area contributed by atoms with Crippen molar-refractivity contribution in [3.8, 4) is 17.2 Å². The number of fused-ring (bicyclic) bond motifs is 1. The average Bonchev–Trinajstić information content (AvgIpc) is 3.33. The Bertz CT molecular complexity index is 2050. The highest BCUT2D eigenvalue weighted by Gasteiger charge is 2.34. The molecule has 0 saturated heterocycles. The number of aromatic nitrogens is 1. The molecule has 0 fully saturated rings. The molecule has 0 bridgehead atoms. The van der Waals surface area contributed by atoms with Gasteiger partial charge in [0.05, 0.1) is 50.2 Å². The summed E-state index contributed by atoms with van der Waals surface area (Å²) in [4.78, 5) is 42.9. The SMILES string of the molecule is CCOC(=O)C1=C(C)N=c2s/c(=C\c3ccc(OCc4ccc([N+](=O)[O-])cc4)c(I)c3)c(=O)n2[C@H]1c1ccc(OC(C)C)c(OC)c1. The molecule has 0 amide bonds. The molecule has 0 N–H and O–H groups in total. The number of benzene rings is 3. The van der Waals surface area contributed by atoms with Gasteiger partial charge in [-0.3, -0.25) is 19.5 Å². The third-order valence-corrected chi connectivity index (χ3v) is 9.00. The maximum Gasteiger partial charge on any atom is 0.338 e. The van der Waals surface area contributed by atoms with Gasteiger partial charge in [-0.2, -0.15) is 0 Å². The van der Waals surface area contributed by atoms with Gasteiger partial charge in [0, 0.05) is 12.1 Å². The van der Waals surface area contributed by atoms with Gasteiger partial charge in [0.15, 0.2) is 16.3 Å². The molecule has 1 aromatic heterocycles. The van der Waals surface area contributed by atoms with E-state index in [0.29, 0.717) is 37.8 Å². The number of halogens is 1. The lowest BCUT2D eigenvalue weighted by atomic mass is 9.95. The number of methoxy groups -OCH3 is 1. The number of thiazole rings is 1. The molecule has 13 heteroatoms. The first-order valence-electron chi connectivity index (χ1n) is 14.7. The Morgan fingerprint density at radius 1 is 1.11 bits per heavy atom. The molecule has 2 heterocycles. The number of ether oxygens (including phenoxy) is 4. The van der Waals surface area contributed by atoms with E-state index >= 15 is 0 Å². The van der Waals surface area contributed by atoms with Crippen LogP contribution in [0.4, 0.5) is 5.69 Å². The van der Waals surface area contributed by atoms with Crippen LogP contribution in [0.25, 0.3) is 6.08 Å². The summed E-state index contributed by atoms with van der Waals surface area (Å²) in [5.74, 6) is 1.11. The van der Waals surface area contributed by atoms with Crippen molar-refractivity contribution in [2.24, 2.45) is 4.99 Å². The summed E-state index contributed by atoms with van der Waals surface area (Å²) in [7, 11) is 1.54. The molecule has 11 nitrogen and oxygen atoms in total. The molecule has 0 radical (unpaired) electrons. The van der Waals surface area contributed by atoms with Gasteiger partial charge in [-0.15, -0.1) is 0 Å². The first-order valence-corrected chi connectivity index (χ1v) is 16.6. The molecule has 0 saturated carbocycles. The lowest BCUT2D eigenvalue weighted by molar-refractivity contribution is -0.384. The summed E-state index contributed by atoms with van der Waals surface area (Å²) in [6.45, 7) is 7.71. The number of hydrogen-bond donors (Lipinski definition) is 0. The Morgan fingerprint density at radius 3 is 2.47 bits per heavy atom. The number of allylic oxidation sites excluding steroid dienone is 1. The summed E-state index contributed by atoms with van der Waals surface area (Å²) in [6.07, 6.45) is 1.70. The second-order valence-electron chi connectivity index (χ2n) is 10.8. The molecule has 1 atom stereocenters. The number of nitro benzene ring substituents is 1. The second kappa shape index (κ2) is 14.5. The number of nitro groups is 1. The summed E-state index contributed by atoms with van der Waals surface area (Å²) < 4.78 is 25.7. The van der Waals surface area contributed by atoms with E-state index in [1.54, 1.807) is 51.3 Å². The Morgan fingerprint density at radius 2 is 1.83 bits per heavy atom. The van der Waals surface area contributed by atoms with Crippen LogP contribution in [0.5, 0.6) is 17.2 Å². The predicted molar refractivity (Wildman–Crippen MR) is 186 cm³/mol. The van der Waals surface area contributed by atoms with Crippen molar-refractivity contribution in [3.05, 3.63) is 122 Å². The molecule has 0 unspecified atom stereocenters. The largest absolute Gasteiger partial charge is 0.493 e. The van der Waals surface area contributed by atoms with Crippen molar-refractivity contribution >= 4 is 51.7 Å². The smallest absolute Gasteiger partial charge is 0.338 e. The highest BCUT2D eigenvalue weighted by Crippen LogP contribution is 2.36. The van der Waals surface area contributed by atoms with Crippen LogP contribution >= 0.6 is 33.9 Å². The zero-order valence-electron chi connectivity index (χ0n) is 26.3. The van der Waals surface area contributed by atoms with Crippen LogP contribution in [0, 0.1) is 13.7 Å². The fourth-order valence-electron chi connectivity index (χ4n) is 5.06. The molecule has 5 rings (SSSR count). The Labute approximate surface area is 288 Å². The fraction of sp³-hybridized carbons (Fsp3) is 0.265. The third kappa shape index (κ3) is 7.41. The van der Waals surface area contributed by atoms with Gasteiger partial charge in [0.1, 0.15) is 12.4 Å². The van der Waals surface area contributed by atoms with Crippen molar-refractivity contribution in [2.75, 3.05) is 13.7 Å². The normalized spacial score (nSPS) is 14.4. The van der Waals surface area contributed by atoms with E-state index in [1.807, 2.05) is 38.1 Å². The molecule has 1 aliphatic rings. The van der Waals surface area contributed by atoms with Crippen LogP contribution in [0.3, 0.4) is 0 Å². The molecular weight excluding hydrogens is 737 g/mol. The van der Waals surface area contributed by atoms with E-state index in [-0.39, 0.29) is 36.1 Å². The highest BCUT2D eigenvalue weighted by molar-refractivity contribution is 14.1. The third-order valence-electron chi connectivity index (χ3n) is 7.18. The van der Waals surface area contributed by atoms with Gasteiger partial charge < -0.3 is 18.9 Å². The quantitative estimate of drug-likeness (QED) is 0.0824. The number of non-ortho nitro benzene ring substituents is 1. The van der Waals surface area contributed by atoms with Gasteiger partial charge in [0.2, 0.25) is 0 Å². The number of carbonyl (C=O) groups excluding carboxylic acids is 1. The fourth-order valence-corrected chi connectivity index (χ4v) is 6.80. The first-order chi connectivity index (χ1) is 22.5. The molecule has 3 aromatic carbocycles. The number of esters is 1. The summed E-state index contributed by atoms with van der Waals surface area (Å²) in [5, 5.41) is 10.9. The molecule has 1 aliphatic heterocycles. The zero-order chi connectivity index (χ0) is 33.8. The summed E-state index contributed by atoms with van der Waals surface area (Å²) in [6, 6.07) is 16.3. The number of rotatable bonds is 11. The predicted octanol–water partition coefficient (Wildman–Crippen LogP) is 5.69. The maximum absolute atomic E-state index is 14.1. The van der Waals surface area contributed by atoms with Gasteiger partial charge in [-0.1, -0.05) is 23.5 Å². The van der Waals surface area contributed by atoms with Crippen LogP contribution in [0.2, 0.25) is 0 Å². The summed E-state index contributed by atoms with van der Waals surface area (Å²) in [5.41, 5.74) is 2.67. The highest BCUT2D eigenvalue weighted by atomic mass is 127. The van der Waals surface area contributed by atoms with Gasteiger partial charge in [-0.05, 0) is 109 Å². The molecule has 47 heavy (non-hydrogen) atoms. The van der Waals surface area contributed by atoms with Crippen molar-refractivity contribution < 1.29 is 28.7 Å². The van der Waals surface area contributed by atoms with E-state index in [0.717, 1.165) is 14.7 Å². The lowest BCUT2D eigenvalue weighted by Gasteiger charge is -2.25. The Balaban J connectivity index is 1.51. The Kier molecular flexibility index (Phi) is 10.4. The second-order valence-corrected chi connectivity index (χ2v) is 13.0. The van der Waals surface area contributed by atoms with Crippen molar-refractivity contribution in [2.45, 2.75) is 46.4 Å². The monoisotopic (exact) mass is 769 g/mol. The summed E-state index contributed by atoms with van der Waals surface area (Å²) >= 11 is 3.40. The van der Waals surface area contributed by atoms with E-state index in [2.05, 4.69) is 27.6 Å². The molecule has 244 valence electrons. The van der Waals surface area contributed by atoms with Crippen LogP contribution in [0.1, 0.15) is 50.4 Å². The Hall–Kier alpha value is -4.50. The molecule has 0 spiro atoms. The molecule has 4 aromatic rings. The number of carbonyl (C=O) groups is 1. The number of hydrogen-bond acceptors (Lipinski definition) is 10. The van der Waals surface area contributed by atoms with Crippen molar-refractivity contribution in [3.63, 3.8) is 0 Å². The van der Waals surface area contributed by atoms with Crippen LogP contribution < -0.4 is 29.1 Å². The molecule has 0 aliphatic carbocycles. The van der Waals surface area contributed by atoms with E-state index in [1.165, 1.54) is 28.0 Å². The van der Waals surface area contributed by atoms with E-state index in [4.69, 9.17) is 18.9 Å². The topological polar surface area (TPSA) is 131 Å². The maximum atomic E-state index is 14.1. The van der Waals surface area contributed by atoms with E-state index in [9.17, 15) is 19.7 Å². The lowest BCUT2D eigenvalue weighted by Crippen LogP contribution is -2.40. The molecular formula is C34H32IN3O8S. The number of nitrogens with zero attached hydrogens (tertiary/aromatic N) is 3. The van der Waals surface area contributed by atoms with Crippen LogP contribution in [0.15, 0.2) is 81.7 Å². The standard InChI is InChI=1S/C34H32IN3O8S/c1-6-44-33(40)30-20(4)36-34-37(31(30)23-10-14-27(46-19(2)3)28(17-23)43-5)32(39)29(47-34)16-22-9-13-26(25(35)15-22)45-18-21-7-11-24(12-8-21)38(41)42/h7-17,19,31H,6,18H2,1-5H3/b29-16-/t31-/m0/s1. The van der Waals surface area contributed by atoms with Crippen molar-refractivity contribution in [1.82, 2.24) is 4.57 Å². The minimum atomic E-state index is -0.801. The zero-order valence-corrected chi connectivity index (χ0v) is 29.3. The van der Waals surface area contributed by atoms with Crippen molar-refractivity contribution in [1.29, 1.82) is 0 Å². The van der Waals surface area contributed by atoms with Gasteiger partial charge >= 0.3 is 5.97 Å². The van der Waals surface area contributed by atoms with E-state index < -0.39 is 16.9 Å². The van der Waals surface area contributed by atoms with Crippen LogP contribution in [-0.4, -0.2) is 35.3 Å². The average molecular weight is 770 g/mol. The van der Waals surface area contributed by atoms with Gasteiger partial charge in [0.25, 0.3) is 11.2 Å². The minimum absolute atomic E-state index is 0.0189. The minimum Gasteiger partial charge on any atom is -0.493 e. The first kappa shape index (κ1) is 33.9.